The van der Waals surface area contributed by atoms with E-state index in [0.717, 1.165) is 18.9 Å². The zero-order chi connectivity index (χ0) is 14.6. The Hall–Kier alpha value is -1.07. The van der Waals surface area contributed by atoms with Crippen LogP contribution in [0.5, 0.6) is 0 Å². The van der Waals surface area contributed by atoms with Gasteiger partial charge in [0.1, 0.15) is 4.90 Å². The molecule has 0 unspecified atom stereocenters. The Bertz CT molecular complexity index is 537. The van der Waals surface area contributed by atoms with Crippen LogP contribution in [0.4, 0.5) is 5.69 Å². The van der Waals surface area contributed by atoms with E-state index in [4.69, 9.17) is 0 Å². The fraction of sp³-hybridized carbons (Fsp3) is 0.600. The second-order valence-electron chi connectivity index (χ2n) is 5.78. The van der Waals surface area contributed by atoms with Crippen LogP contribution < -0.4 is 10.0 Å². The molecule has 5 heteroatoms. The molecule has 4 nitrogen and oxygen atoms in total. The van der Waals surface area contributed by atoms with Gasteiger partial charge in [-0.25, -0.2) is 13.1 Å². The Morgan fingerprint density at radius 3 is 2.60 bits per heavy atom. The lowest BCUT2D eigenvalue weighted by Crippen LogP contribution is -2.30. The van der Waals surface area contributed by atoms with E-state index in [1.165, 1.54) is 19.3 Å². The molecule has 1 aliphatic carbocycles. The van der Waals surface area contributed by atoms with E-state index >= 15 is 0 Å². The molecule has 112 valence electrons. The van der Waals surface area contributed by atoms with Crippen LogP contribution in [0.25, 0.3) is 0 Å². The van der Waals surface area contributed by atoms with Gasteiger partial charge in [-0.05, 0) is 44.7 Å². The quantitative estimate of drug-likeness (QED) is 0.725. The average Bonchev–Trinajstić information content (AvgIpc) is 3.17. The summed E-state index contributed by atoms with van der Waals surface area (Å²) in [4.78, 5) is 0.333. The van der Waals surface area contributed by atoms with Crippen LogP contribution in [-0.2, 0) is 10.0 Å². The van der Waals surface area contributed by atoms with Crippen LogP contribution >= 0.6 is 0 Å². The van der Waals surface area contributed by atoms with Crippen molar-refractivity contribution in [1.29, 1.82) is 0 Å². The van der Waals surface area contributed by atoms with Gasteiger partial charge in [-0.2, -0.15) is 0 Å². The first kappa shape index (κ1) is 15.3. The average molecular weight is 296 g/mol. The molecule has 1 saturated carbocycles. The molecule has 1 aliphatic rings. The van der Waals surface area contributed by atoms with E-state index in [9.17, 15) is 8.42 Å². The summed E-state index contributed by atoms with van der Waals surface area (Å²) in [7, 11) is -3.44. The molecule has 1 fully saturated rings. The van der Waals surface area contributed by atoms with Gasteiger partial charge in [-0.1, -0.05) is 25.0 Å². The number of benzene rings is 1. The minimum Gasteiger partial charge on any atom is -0.384 e. The summed E-state index contributed by atoms with van der Waals surface area (Å²) in [6.45, 7) is 4.47. The highest BCUT2D eigenvalue weighted by Gasteiger charge is 2.21. The number of nitrogens with one attached hydrogen (secondary N) is 2. The first-order valence-electron chi connectivity index (χ1n) is 7.34. The van der Waals surface area contributed by atoms with Gasteiger partial charge in [-0.3, -0.25) is 0 Å². The van der Waals surface area contributed by atoms with Crippen molar-refractivity contribution in [2.24, 2.45) is 5.92 Å². The molecule has 0 heterocycles. The van der Waals surface area contributed by atoms with Crippen molar-refractivity contribution < 1.29 is 8.42 Å². The van der Waals surface area contributed by atoms with Crippen LogP contribution in [0.3, 0.4) is 0 Å². The molecule has 0 bridgehead atoms. The molecule has 2 N–H and O–H groups in total. The number of sulfonamides is 1. The van der Waals surface area contributed by atoms with Crippen molar-refractivity contribution in [2.45, 2.75) is 50.5 Å². The SMILES string of the molecule is CC(C)NS(=O)(=O)c1ccccc1NCCCC1CC1. The van der Waals surface area contributed by atoms with E-state index in [0.29, 0.717) is 10.6 Å². The van der Waals surface area contributed by atoms with Gasteiger partial charge in [0.05, 0.1) is 5.69 Å². The van der Waals surface area contributed by atoms with E-state index in [1.807, 2.05) is 26.0 Å². The van der Waals surface area contributed by atoms with Gasteiger partial charge in [-0.15, -0.1) is 0 Å². The van der Waals surface area contributed by atoms with Gasteiger partial charge >= 0.3 is 0 Å². The molecule has 1 aromatic carbocycles. The number of hydrogen-bond acceptors (Lipinski definition) is 3. The van der Waals surface area contributed by atoms with Gasteiger partial charge in [0, 0.05) is 12.6 Å². The van der Waals surface area contributed by atoms with Crippen molar-refractivity contribution in [3.05, 3.63) is 24.3 Å². The Labute approximate surface area is 122 Å². The molecular formula is C15H24N2O2S. The van der Waals surface area contributed by atoms with E-state index < -0.39 is 10.0 Å². The highest BCUT2D eigenvalue weighted by atomic mass is 32.2. The molecule has 0 radical (unpaired) electrons. The first-order chi connectivity index (χ1) is 9.49. The zero-order valence-corrected chi connectivity index (χ0v) is 13.0. The summed E-state index contributed by atoms with van der Waals surface area (Å²) in [5, 5.41) is 3.26. The van der Waals surface area contributed by atoms with E-state index in [2.05, 4.69) is 10.0 Å². The highest BCUT2D eigenvalue weighted by Crippen LogP contribution is 2.33. The monoisotopic (exact) mass is 296 g/mol. The number of hydrogen-bond donors (Lipinski definition) is 2. The van der Waals surface area contributed by atoms with E-state index in [-0.39, 0.29) is 6.04 Å². The first-order valence-corrected chi connectivity index (χ1v) is 8.82. The standard InChI is InChI=1S/C15H24N2O2S/c1-12(2)17-20(18,19)15-8-4-3-7-14(15)16-11-5-6-13-9-10-13/h3-4,7-8,12-13,16-17H,5-6,9-11H2,1-2H3. The fourth-order valence-electron chi connectivity index (χ4n) is 2.24. The number of para-hydroxylation sites is 1. The fourth-order valence-corrected chi connectivity index (χ4v) is 3.68. The maximum absolute atomic E-state index is 12.3. The molecule has 0 amide bonds. The van der Waals surface area contributed by atoms with Gasteiger partial charge in [0.2, 0.25) is 10.0 Å². The Balaban J connectivity index is 2.00. The third kappa shape index (κ3) is 4.49. The van der Waals surface area contributed by atoms with Crippen LogP contribution in [0.1, 0.15) is 39.5 Å². The van der Waals surface area contributed by atoms with Crippen molar-refractivity contribution >= 4 is 15.7 Å². The van der Waals surface area contributed by atoms with E-state index in [1.54, 1.807) is 12.1 Å². The Morgan fingerprint density at radius 1 is 1.25 bits per heavy atom. The molecule has 0 aromatic heterocycles. The van der Waals surface area contributed by atoms with Crippen LogP contribution in [0.15, 0.2) is 29.2 Å². The Morgan fingerprint density at radius 2 is 1.95 bits per heavy atom. The molecule has 20 heavy (non-hydrogen) atoms. The maximum atomic E-state index is 12.3. The molecule has 2 rings (SSSR count). The van der Waals surface area contributed by atoms with Crippen LogP contribution in [0.2, 0.25) is 0 Å². The molecule has 0 spiro atoms. The molecule has 1 aromatic rings. The highest BCUT2D eigenvalue weighted by molar-refractivity contribution is 7.89. The van der Waals surface area contributed by atoms with Crippen molar-refractivity contribution in [3.8, 4) is 0 Å². The molecular weight excluding hydrogens is 272 g/mol. The predicted octanol–water partition coefficient (Wildman–Crippen LogP) is 2.98. The van der Waals surface area contributed by atoms with Crippen molar-refractivity contribution in [1.82, 2.24) is 4.72 Å². The summed E-state index contributed by atoms with van der Waals surface area (Å²) >= 11 is 0. The normalized spacial score (nSPS) is 15.6. The molecule has 0 saturated heterocycles. The smallest absolute Gasteiger partial charge is 0.242 e. The maximum Gasteiger partial charge on any atom is 0.242 e. The summed E-state index contributed by atoms with van der Waals surface area (Å²) in [5.41, 5.74) is 0.691. The van der Waals surface area contributed by atoms with Gasteiger partial charge in [0.25, 0.3) is 0 Å². The Kier molecular flexibility index (Phi) is 5.05. The molecule has 0 aliphatic heterocycles. The van der Waals surface area contributed by atoms with Crippen LogP contribution in [-0.4, -0.2) is 21.0 Å². The number of rotatable bonds is 8. The predicted molar refractivity (Wildman–Crippen MR) is 82.3 cm³/mol. The topological polar surface area (TPSA) is 58.2 Å². The molecule has 0 atom stereocenters. The largest absolute Gasteiger partial charge is 0.384 e. The second kappa shape index (κ2) is 6.59. The van der Waals surface area contributed by atoms with Crippen molar-refractivity contribution in [3.63, 3.8) is 0 Å². The van der Waals surface area contributed by atoms with Crippen LogP contribution in [0, 0.1) is 5.92 Å². The second-order valence-corrected chi connectivity index (χ2v) is 7.47. The van der Waals surface area contributed by atoms with Gasteiger partial charge < -0.3 is 5.32 Å². The minimum atomic E-state index is -3.44. The lowest BCUT2D eigenvalue weighted by molar-refractivity contribution is 0.570. The third-order valence-corrected chi connectivity index (χ3v) is 5.09. The third-order valence-electron chi connectivity index (χ3n) is 3.37. The van der Waals surface area contributed by atoms with Crippen molar-refractivity contribution in [2.75, 3.05) is 11.9 Å². The summed E-state index contributed by atoms with van der Waals surface area (Å²) in [6.07, 6.45) is 5.06. The summed E-state index contributed by atoms with van der Waals surface area (Å²) in [5.74, 6) is 0.915. The minimum absolute atomic E-state index is 0.108. The summed E-state index contributed by atoms with van der Waals surface area (Å²) < 4.78 is 27.2. The summed E-state index contributed by atoms with van der Waals surface area (Å²) in [6, 6.07) is 6.98. The van der Waals surface area contributed by atoms with Gasteiger partial charge in [0.15, 0.2) is 0 Å². The zero-order valence-electron chi connectivity index (χ0n) is 12.2. The number of anilines is 1. The lowest BCUT2D eigenvalue weighted by atomic mass is 10.2. The lowest BCUT2D eigenvalue weighted by Gasteiger charge is -2.14.